The summed E-state index contributed by atoms with van der Waals surface area (Å²) in [4.78, 5) is 12.7. The predicted octanol–water partition coefficient (Wildman–Crippen LogP) is 4.64. The number of aryl methyl sites for hydroxylation is 3. The number of fused-ring (bicyclic) bond motifs is 1. The Hall–Kier alpha value is -2.29. The molecule has 126 valence electrons. The number of carbonyl (C=O) groups is 1. The standard InChI is InChI=1S/C21H25NO2/c1-13-6-9-19-17(10-13)18(12-21(4,5)24-19)22-20(23)16-8-7-14(2)15(3)11-16/h6-11,18H,12H2,1-5H3,(H,22,23)/t18-/m1/s1. The first kappa shape index (κ1) is 16.6. The summed E-state index contributed by atoms with van der Waals surface area (Å²) in [5, 5.41) is 3.20. The van der Waals surface area contributed by atoms with Gasteiger partial charge in [-0.15, -0.1) is 0 Å². The van der Waals surface area contributed by atoms with Crippen LogP contribution in [0.5, 0.6) is 5.75 Å². The summed E-state index contributed by atoms with van der Waals surface area (Å²) in [5.74, 6) is 0.829. The van der Waals surface area contributed by atoms with Crippen molar-refractivity contribution in [3.8, 4) is 5.75 Å². The molecule has 24 heavy (non-hydrogen) atoms. The molecular formula is C21H25NO2. The third kappa shape index (κ3) is 3.30. The fourth-order valence-electron chi connectivity index (χ4n) is 3.23. The molecule has 1 amide bonds. The Labute approximate surface area is 144 Å². The van der Waals surface area contributed by atoms with Crippen LogP contribution >= 0.6 is 0 Å². The molecule has 3 heteroatoms. The zero-order chi connectivity index (χ0) is 17.5. The van der Waals surface area contributed by atoms with Gasteiger partial charge in [0, 0.05) is 17.5 Å². The third-order valence-electron chi connectivity index (χ3n) is 4.70. The second-order valence-electron chi connectivity index (χ2n) is 7.43. The summed E-state index contributed by atoms with van der Waals surface area (Å²) in [6.45, 7) is 10.3. The number of ether oxygens (including phenoxy) is 1. The van der Waals surface area contributed by atoms with Crippen LogP contribution in [0.15, 0.2) is 36.4 Å². The second-order valence-corrected chi connectivity index (χ2v) is 7.43. The van der Waals surface area contributed by atoms with Crippen molar-refractivity contribution in [2.75, 3.05) is 0 Å². The first-order valence-corrected chi connectivity index (χ1v) is 8.43. The Balaban J connectivity index is 1.90. The molecule has 1 aliphatic rings. The van der Waals surface area contributed by atoms with Gasteiger partial charge in [-0.25, -0.2) is 0 Å². The predicted molar refractivity (Wildman–Crippen MR) is 96.6 cm³/mol. The van der Waals surface area contributed by atoms with Gasteiger partial charge in [0.1, 0.15) is 11.4 Å². The molecule has 3 rings (SSSR count). The van der Waals surface area contributed by atoms with E-state index in [0.717, 1.165) is 23.3 Å². The highest BCUT2D eigenvalue weighted by atomic mass is 16.5. The quantitative estimate of drug-likeness (QED) is 0.874. The van der Waals surface area contributed by atoms with Crippen LogP contribution < -0.4 is 10.1 Å². The summed E-state index contributed by atoms with van der Waals surface area (Å²) in [6.07, 6.45) is 0.750. The SMILES string of the molecule is Cc1ccc2c(c1)[C@H](NC(=O)c1ccc(C)c(C)c1)CC(C)(C)O2. The van der Waals surface area contributed by atoms with Crippen molar-refractivity contribution in [2.24, 2.45) is 0 Å². The third-order valence-corrected chi connectivity index (χ3v) is 4.70. The largest absolute Gasteiger partial charge is 0.487 e. The first-order chi connectivity index (χ1) is 11.2. The lowest BCUT2D eigenvalue weighted by atomic mass is 9.88. The van der Waals surface area contributed by atoms with Crippen LogP contribution in [0.2, 0.25) is 0 Å². The molecule has 2 aromatic carbocycles. The molecule has 0 spiro atoms. The first-order valence-electron chi connectivity index (χ1n) is 8.43. The minimum absolute atomic E-state index is 0.0340. The van der Waals surface area contributed by atoms with Gasteiger partial charge in [0.15, 0.2) is 0 Å². The van der Waals surface area contributed by atoms with Gasteiger partial charge in [-0.1, -0.05) is 23.8 Å². The van der Waals surface area contributed by atoms with E-state index in [2.05, 4.69) is 39.1 Å². The van der Waals surface area contributed by atoms with Crippen molar-refractivity contribution >= 4 is 5.91 Å². The summed E-state index contributed by atoms with van der Waals surface area (Å²) >= 11 is 0. The van der Waals surface area contributed by atoms with Crippen LogP contribution in [0.1, 0.15) is 58.9 Å². The van der Waals surface area contributed by atoms with Crippen molar-refractivity contribution in [3.05, 3.63) is 64.2 Å². The number of hydrogen-bond acceptors (Lipinski definition) is 2. The normalized spacial score (nSPS) is 18.5. The zero-order valence-corrected chi connectivity index (χ0v) is 15.1. The average Bonchev–Trinajstić information content (AvgIpc) is 2.50. The van der Waals surface area contributed by atoms with E-state index in [1.807, 2.05) is 37.3 Å². The molecule has 0 radical (unpaired) electrons. The Morgan fingerprint density at radius 1 is 1.08 bits per heavy atom. The van der Waals surface area contributed by atoms with E-state index < -0.39 is 0 Å². The maximum absolute atomic E-state index is 12.7. The molecule has 0 unspecified atom stereocenters. The van der Waals surface area contributed by atoms with Crippen LogP contribution in [0.25, 0.3) is 0 Å². The molecule has 1 aliphatic heterocycles. The van der Waals surface area contributed by atoms with Crippen molar-refractivity contribution in [1.82, 2.24) is 5.32 Å². The average molecular weight is 323 g/mol. The Morgan fingerprint density at radius 2 is 1.83 bits per heavy atom. The smallest absolute Gasteiger partial charge is 0.251 e. The number of rotatable bonds is 2. The summed E-state index contributed by atoms with van der Waals surface area (Å²) in [5.41, 5.74) is 4.96. The number of hydrogen-bond donors (Lipinski definition) is 1. The van der Waals surface area contributed by atoms with Gasteiger partial charge in [-0.05, 0) is 63.9 Å². The molecule has 1 atom stereocenters. The van der Waals surface area contributed by atoms with Gasteiger partial charge in [-0.3, -0.25) is 4.79 Å². The lowest BCUT2D eigenvalue weighted by Gasteiger charge is -2.38. The van der Waals surface area contributed by atoms with E-state index in [1.165, 1.54) is 11.1 Å². The molecule has 3 nitrogen and oxygen atoms in total. The van der Waals surface area contributed by atoms with Crippen LogP contribution in [0.4, 0.5) is 0 Å². The highest BCUT2D eigenvalue weighted by Gasteiger charge is 2.34. The van der Waals surface area contributed by atoms with Crippen molar-refractivity contribution in [2.45, 2.75) is 52.7 Å². The molecule has 0 aromatic heterocycles. The topological polar surface area (TPSA) is 38.3 Å². The zero-order valence-electron chi connectivity index (χ0n) is 15.1. The Kier molecular flexibility index (Phi) is 4.12. The van der Waals surface area contributed by atoms with E-state index in [0.29, 0.717) is 5.56 Å². The Bertz CT molecular complexity index is 792. The summed E-state index contributed by atoms with van der Waals surface area (Å²) in [6, 6.07) is 11.9. The molecule has 0 saturated heterocycles. The van der Waals surface area contributed by atoms with Gasteiger partial charge >= 0.3 is 0 Å². The van der Waals surface area contributed by atoms with Crippen LogP contribution in [-0.4, -0.2) is 11.5 Å². The molecule has 1 heterocycles. The second kappa shape index (κ2) is 5.97. The van der Waals surface area contributed by atoms with Crippen LogP contribution in [0.3, 0.4) is 0 Å². The number of benzene rings is 2. The lowest BCUT2D eigenvalue weighted by Crippen LogP contribution is -2.41. The fraction of sp³-hybridized carbons (Fsp3) is 0.381. The minimum Gasteiger partial charge on any atom is -0.487 e. The van der Waals surface area contributed by atoms with E-state index in [-0.39, 0.29) is 17.6 Å². The highest BCUT2D eigenvalue weighted by Crippen LogP contribution is 2.40. The lowest BCUT2D eigenvalue weighted by molar-refractivity contribution is 0.0619. The number of nitrogens with one attached hydrogen (secondary N) is 1. The number of amides is 1. The summed E-state index contributed by atoms with van der Waals surface area (Å²) in [7, 11) is 0. The molecule has 2 aromatic rings. The molecule has 0 saturated carbocycles. The Morgan fingerprint density at radius 3 is 2.54 bits per heavy atom. The monoisotopic (exact) mass is 323 g/mol. The number of carbonyl (C=O) groups excluding carboxylic acids is 1. The van der Waals surface area contributed by atoms with Crippen molar-refractivity contribution in [1.29, 1.82) is 0 Å². The van der Waals surface area contributed by atoms with E-state index in [9.17, 15) is 4.79 Å². The van der Waals surface area contributed by atoms with Gasteiger partial charge in [0.25, 0.3) is 5.91 Å². The van der Waals surface area contributed by atoms with Gasteiger partial charge < -0.3 is 10.1 Å². The van der Waals surface area contributed by atoms with Crippen LogP contribution in [-0.2, 0) is 0 Å². The van der Waals surface area contributed by atoms with Gasteiger partial charge in [0.2, 0.25) is 0 Å². The minimum atomic E-state index is -0.302. The van der Waals surface area contributed by atoms with Crippen molar-refractivity contribution < 1.29 is 9.53 Å². The maximum Gasteiger partial charge on any atom is 0.251 e. The molecule has 0 bridgehead atoms. The molecule has 1 N–H and O–H groups in total. The highest BCUT2D eigenvalue weighted by molar-refractivity contribution is 5.94. The fourth-order valence-corrected chi connectivity index (χ4v) is 3.23. The summed E-state index contributed by atoms with van der Waals surface area (Å²) < 4.78 is 6.08. The molecule has 0 aliphatic carbocycles. The van der Waals surface area contributed by atoms with Gasteiger partial charge in [-0.2, -0.15) is 0 Å². The van der Waals surface area contributed by atoms with Crippen molar-refractivity contribution in [3.63, 3.8) is 0 Å². The van der Waals surface area contributed by atoms with E-state index >= 15 is 0 Å². The van der Waals surface area contributed by atoms with Crippen LogP contribution in [0, 0.1) is 20.8 Å². The van der Waals surface area contributed by atoms with Gasteiger partial charge in [0.05, 0.1) is 6.04 Å². The van der Waals surface area contributed by atoms with E-state index in [1.54, 1.807) is 0 Å². The van der Waals surface area contributed by atoms with E-state index in [4.69, 9.17) is 4.74 Å². The molecule has 0 fully saturated rings. The maximum atomic E-state index is 12.7. The molecular weight excluding hydrogens is 298 g/mol.